The molecule has 0 saturated carbocycles. The van der Waals surface area contributed by atoms with Crippen LogP contribution in [0.15, 0.2) is 24.3 Å². The number of ether oxygens (including phenoxy) is 1. The molecule has 0 aromatic heterocycles. The Hall–Kier alpha value is -1.31. The van der Waals surface area contributed by atoms with Gasteiger partial charge in [0.15, 0.2) is 0 Å². The summed E-state index contributed by atoms with van der Waals surface area (Å²) in [4.78, 5) is 9.97. The van der Waals surface area contributed by atoms with E-state index in [9.17, 15) is 4.79 Å². The van der Waals surface area contributed by atoms with E-state index in [1.807, 2.05) is 0 Å². The molecular formula is C12H14O2. The Morgan fingerprint density at radius 3 is 2.50 bits per heavy atom. The third-order valence-corrected chi connectivity index (χ3v) is 2.85. The van der Waals surface area contributed by atoms with Crippen molar-refractivity contribution >= 4 is 6.47 Å². The molecule has 0 spiro atoms. The van der Waals surface area contributed by atoms with Gasteiger partial charge in [-0.1, -0.05) is 24.3 Å². The van der Waals surface area contributed by atoms with E-state index < -0.39 is 0 Å². The van der Waals surface area contributed by atoms with Crippen LogP contribution in [0.25, 0.3) is 0 Å². The average Bonchev–Trinajstić information content (AvgIpc) is 2.60. The number of rotatable bonds is 4. The van der Waals surface area contributed by atoms with Crippen LogP contribution >= 0.6 is 0 Å². The summed E-state index contributed by atoms with van der Waals surface area (Å²) in [7, 11) is 0. The highest BCUT2D eigenvalue weighted by molar-refractivity contribution is 5.37. The van der Waals surface area contributed by atoms with Crippen LogP contribution in [0.4, 0.5) is 0 Å². The summed E-state index contributed by atoms with van der Waals surface area (Å²) in [6, 6.07) is 8.55. The molecule has 1 aliphatic rings. The molecule has 0 bridgehead atoms. The van der Waals surface area contributed by atoms with Crippen LogP contribution in [0, 0.1) is 5.92 Å². The Morgan fingerprint density at radius 1 is 1.29 bits per heavy atom. The zero-order valence-corrected chi connectivity index (χ0v) is 8.11. The molecule has 1 aromatic carbocycles. The highest BCUT2D eigenvalue weighted by atomic mass is 16.5. The first kappa shape index (κ1) is 9.25. The number of carbonyl (C=O) groups is 1. The highest BCUT2D eigenvalue weighted by Crippen LogP contribution is 2.28. The third kappa shape index (κ3) is 1.95. The van der Waals surface area contributed by atoms with Crippen LogP contribution in [0.1, 0.15) is 17.5 Å². The van der Waals surface area contributed by atoms with Crippen molar-refractivity contribution < 1.29 is 9.53 Å². The number of hydrogen-bond donors (Lipinski definition) is 0. The lowest BCUT2D eigenvalue weighted by Crippen LogP contribution is -2.04. The zero-order valence-electron chi connectivity index (χ0n) is 8.11. The maximum absolute atomic E-state index is 9.97. The molecule has 0 aliphatic heterocycles. The molecule has 0 fully saturated rings. The van der Waals surface area contributed by atoms with Crippen LogP contribution in [0.2, 0.25) is 0 Å². The fourth-order valence-corrected chi connectivity index (χ4v) is 2.14. The molecule has 0 N–H and O–H groups in total. The van der Waals surface area contributed by atoms with Crippen molar-refractivity contribution in [2.45, 2.75) is 19.3 Å². The van der Waals surface area contributed by atoms with Crippen LogP contribution in [0.5, 0.6) is 0 Å². The molecule has 0 saturated heterocycles. The Balaban J connectivity index is 1.88. The summed E-state index contributed by atoms with van der Waals surface area (Å²) in [6.45, 7) is 1.09. The summed E-state index contributed by atoms with van der Waals surface area (Å²) in [5.74, 6) is 0.660. The lowest BCUT2D eigenvalue weighted by molar-refractivity contribution is -0.129. The Bertz CT molecular complexity index is 295. The van der Waals surface area contributed by atoms with Gasteiger partial charge in [0.2, 0.25) is 0 Å². The second-order valence-electron chi connectivity index (χ2n) is 3.80. The van der Waals surface area contributed by atoms with E-state index in [-0.39, 0.29) is 0 Å². The molecule has 0 unspecified atom stereocenters. The molecule has 14 heavy (non-hydrogen) atoms. The van der Waals surface area contributed by atoms with Gasteiger partial charge in [-0.2, -0.15) is 0 Å². The van der Waals surface area contributed by atoms with Crippen molar-refractivity contribution in [3.63, 3.8) is 0 Å². The van der Waals surface area contributed by atoms with Crippen LogP contribution in [-0.2, 0) is 22.4 Å². The topological polar surface area (TPSA) is 26.3 Å². The van der Waals surface area contributed by atoms with Crippen molar-refractivity contribution in [3.05, 3.63) is 35.4 Å². The van der Waals surface area contributed by atoms with E-state index in [0.29, 0.717) is 19.0 Å². The fraction of sp³-hybridized carbons (Fsp3) is 0.417. The second kappa shape index (κ2) is 4.27. The van der Waals surface area contributed by atoms with Gasteiger partial charge in [-0.3, -0.25) is 4.79 Å². The van der Waals surface area contributed by atoms with E-state index in [2.05, 4.69) is 24.3 Å². The Kier molecular flexibility index (Phi) is 2.82. The lowest BCUT2D eigenvalue weighted by Gasteiger charge is -2.06. The maximum Gasteiger partial charge on any atom is 0.293 e. The molecule has 0 radical (unpaired) electrons. The van der Waals surface area contributed by atoms with Crippen molar-refractivity contribution in [2.75, 3.05) is 6.61 Å². The van der Waals surface area contributed by atoms with Gasteiger partial charge in [-0.05, 0) is 36.3 Å². The van der Waals surface area contributed by atoms with Crippen LogP contribution < -0.4 is 0 Å². The molecule has 74 valence electrons. The normalized spacial score (nSPS) is 15.1. The number of fused-ring (bicyclic) bond motifs is 1. The summed E-state index contributed by atoms with van der Waals surface area (Å²) < 4.78 is 4.71. The van der Waals surface area contributed by atoms with Gasteiger partial charge in [0.25, 0.3) is 6.47 Å². The van der Waals surface area contributed by atoms with Crippen LogP contribution in [-0.4, -0.2) is 13.1 Å². The summed E-state index contributed by atoms with van der Waals surface area (Å²) in [5.41, 5.74) is 2.92. The van der Waals surface area contributed by atoms with Gasteiger partial charge in [0.1, 0.15) is 0 Å². The summed E-state index contributed by atoms with van der Waals surface area (Å²) >= 11 is 0. The maximum atomic E-state index is 9.97. The first-order valence-corrected chi connectivity index (χ1v) is 5.02. The van der Waals surface area contributed by atoms with E-state index in [1.54, 1.807) is 0 Å². The minimum absolute atomic E-state index is 0.530. The van der Waals surface area contributed by atoms with Gasteiger partial charge in [0, 0.05) is 0 Å². The van der Waals surface area contributed by atoms with Crippen molar-refractivity contribution in [1.82, 2.24) is 0 Å². The summed E-state index contributed by atoms with van der Waals surface area (Å²) in [6.07, 6.45) is 3.25. The van der Waals surface area contributed by atoms with Gasteiger partial charge in [-0.25, -0.2) is 0 Å². The smallest absolute Gasteiger partial charge is 0.293 e. The van der Waals surface area contributed by atoms with E-state index in [0.717, 1.165) is 19.3 Å². The predicted octanol–water partition coefficient (Wildman–Crippen LogP) is 1.96. The SMILES string of the molecule is O=COCCC1Cc2ccccc2C1. The molecule has 2 rings (SSSR count). The number of benzene rings is 1. The molecule has 0 amide bonds. The van der Waals surface area contributed by atoms with E-state index in [4.69, 9.17) is 4.74 Å². The molecular weight excluding hydrogens is 176 g/mol. The first-order chi connectivity index (χ1) is 6.90. The molecule has 0 atom stereocenters. The third-order valence-electron chi connectivity index (χ3n) is 2.85. The molecule has 1 aliphatic carbocycles. The van der Waals surface area contributed by atoms with Crippen LogP contribution in [0.3, 0.4) is 0 Å². The first-order valence-electron chi connectivity index (χ1n) is 5.02. The fourth-order valence-electron chi connectivity index (χ4n) is 2.14. The van der Waals surface area contributed by atoms with E-state index in [1.165, 1.54) is 11.1 Å². The van der Waals surface area contributed by atoms with Crippen molar-refractivity contribution in [1.29, 1.82) is 0 Å². The van der Waals surface area contributed by atoms with Gasteiger partial charge in [-0.15, -0.1) is 0 Å². The predicted molar refractivity (Wildman–Crippen MR) is 54.0 cm³/mol. The molecule has 2 nitrogen and oxygen atoms in total. The largest absolute Gasteiger partial charge is 0.468 e. The van der Waals surface area contributed by atoms with Gasteiger partial charge in [0.05, 0.1) is 6.61 Å². The highest BCUT2D eigenvalue weighted by Gasteiger charge is 2.20. The van der Waals surface area contributed by atoms with Gasteiger partial charge < -0.3 is 4.74 Å². The second-order valence-corrected chi connectivity index (χ2v) is 3.80. The van der Waals surface area contributed by atoms with Crippen molar-refractivity contribution in [3.8, 4) is 0 Å². The summed E-state index contributed by atoms with van der Waals surface area (Å²) in [5, 5.41) is 0. The number of hydrogen-bond acceptors (Lipinski definition) is 2. The molecule has 0 heterocycles. The lowest BCUT2D eigenvalue weighted by atomic mass is 10.0. The standard InChI is InChI=1S/C12H14O2/c13-9-14-6-5-10-7-11-3-1-2-4-12(11)8-10/h1-4,9-10H,5-8H2. The van der Waals surface area contributed by atoms with Gasteiger partial charge >= 0.3 is 0 Å². The monoisotopic (exact) mass is 190 g/mol. The van der Waals surface area contributed by atoms with E-state index >= 15 is 0 Å². The number of carbonyl (C=O) groups excluding carboxylic acids is 1. The Labute approximate surface area is 83.9 Å². The minimum atomic E-state index is 0.530. The Morgan fingerprint density at radius 2 is 1.93 bits per heavy atom. The average molecular weight is 190 g/mol. The van der Waals surface area contributed by atoms with Crippen molar-refractivity contribution in [2.24, 2.45) is 5.92 Å². The quantitative estimate of drug-likeness (QED) is 0.536. The molecule has 1 aromatic rings. The zero-order chi connectivity index (χ0) is 9.80. The minimum Gasteiger partial charge on any atom is -0.468 e. The molecule has 2 heteroatoms.